The molecule has 116 valence electrons. The minimum Gasteiger partial charge on any atom is -0.334 e. The van der Waals surface area contributed by atoms with Crippen LogP contribution in [-0.4, -0.2) is 29.8 Å². The van der Waals surface area contributed by atoms with Gasteiger partial charge in [0.05, 0.1) is 5.69 Å². The number of hydrogen-bond acceptors (Lipinski definition) is 2. The van der Waals surface area contributed by atoms with Crippen LogP contribution in [0.1, 0.15) is 27.7 Å². The first kappa shape index (κ1) is 17.1. The van der Waals surface area contributed by atoms with E-state index in [9.17, 15) is 14.0 Å². The first-order valence-electron chi connectivity index (χ1n) is 7.16. The lowest BCUT2D eigenvalue weighted by atomic mass is 10.1. The molecule has 1 aromatic carbocycles. The molecule has 1 aromatic rings. The summed E-state index contributed by atoms with van der Waals surface area (Å²) in [4.78, 5) is 25.7. The van der Waals surface area contributed by atoms with E-state index in [0.29, 0.717) is 13.1 Å². The van der Waals surface area contributed by atoms with Gasteiger partial charge in [-0.2, -0.15) is 0 Å². The van der Waals surface area contributed by atoms with Gasteiger partial charge in [0.2, 0.25) is 0 Å². The molecule has 0 aromatic heterocycles. The fourth-order valence-corrected chi connectivity index (χ4v) is 2.00. The second-order valence-electron chi connectivity index (χ2n) is 5.93. The highest BCUT2D eigenvalue weighted by molar-refractivity contribution is 6.39. The smallest absolute Gasteiger partial charge is 0.313 e. The van der Waals surface area contributed by atoms with Crippen LogP contribution in [0.2, 0.25) is 0 Å². The lowest BCUT2D eigenvalue weighted by Crippen LogP contribution is -2.43. The van der Waals surface area contributed by atoms with Gasteiger partial charge in [-0.05, 0) is 24.0 Å². The molecule has 0 aliphatic heterocycles. The summed E-state index contributed by atoms with van der Waals surface area (Å²) in [5, 5.41) is 2.33. The minimum atomic E-state index is -0.804. The van der Waals surface area contributed by atoms with Crippen LogP contribution in [0.4, 0.5) is 10.1 Å². The van der Waals surface area contributed by atoms with E-state index >= 15 is 0 Å². The Morgan fingerprint density at radius 2 is 1.62 bits per heavy atom. The van der Waals surface area contributed by atoms with E-state index in [0.717, 1.165) is 0 Å². The molecule has 0 aliphatic carbocycles. The van der Waals surface area contributed by atoms with Crippen LogP contribution >= 0.6 is 0 Å². The Morgan fingerprint density at radius 1 is 1.10 bits per heavy atom. The molecule has 4 nitrogen and oxygen atoms in total. The number of benzene rings is 1. The van der Waals surface area contributed by atoms with Crippen LogP contribution in [0.25, 0.3) is 0 Å². The van der Waals surface area contributed by atoms with Gasteiger partial charge in [0, 0.05) is 13.1 Å². The first-order chi connectivity index (χ1) is 9.81. The van der Waals surface area contributed by atoms with Crippen molar-refractivity contribution < 1.29 is 14.0 Å². The molecule has 0 fully saturated rings. The minimum absolute atomic E-state index is 0.0184. The summed E-state index contributed by atoms with van der Waals surface area (Å²) in [6.45, 7) is 8.93. The molecule has 0 radical (unpaired) electrons. The summed E-state index contributed by atoms with van der Waals surface area (Å²) in [7, 11) is 0. The summed E-state index contributed by atoms with van der Waals surface area (Å²) in [6.07, 6.45) is 0. The van der Waals surface area contributed by atoms with Crippen molar-refractivity contribution in [1.82, 2.24) is 4.90 Å². The van der Waals surface area contributed by atoms with E-state index in [1.165, 1.54) is 23.1 Å². The van der Waals surface area contributed by atoms with Gasteiger partial charge in [-0.15, -0.1) is 0 Å². The predicted molar refractivity (Wildman–Crippen MR) is 81.3 cm³/mol. The maximum atomic E-state index is 13.5. The zero-order chi connectivity index (χ0) is 16.0. The lowest BCUT2D eigenvalue weighted by Gasteiger charge is -2.25. The number of anilines is 1. The van der Waals surface area contributed by atoms with Crippen LogP contribution in [-0.2, 0) is 9.59 Å². The van der Waals surface area contributed by atoms with Crippen molar-refractivity contribution in [3.8, 4) is 0 Å². The summed E-state index contributed by atoms with van der Waals surface area (Å²) in [5.74, 6) is -1.47. The third-order valence-electron chi connectivity index (χ3n) is 2.77. The van der Waals surface area contributed by atoms with Crippen LogP contribution in [0, 0.1) is 17.7 Å². The highest BCUT2D eigenvalue weighted by Gasteiger charge is 2.23. The molecule has 1 rings (SSSR count). The third-order valence-corrected chi connectivity index (χ3v) is 2.77. The third kappa shape index (κ3) is 5.53. The maximum Gasteiger partial charge on any atom is 0.313 e. The van der Waals surface area contributed by atoms with Crippen molar-refractivity contribution in [3.63, 3.8) is 0 Å². The standard InChI is InChI=1S/C16H23FN2O2/c1-11(2)9-19(10-12(3)4)16(21)15(20)18-14-8-6-5-7-13(14)17/h5-8,11-12H,9-10H2,1-4H3,(H,18,20). The molecule has 0 spiro atoms. The topological polar surface area (TPSA) is 49.4 Å². The van der Waals surface area contributed by atoms with Crippen molar-refractivity contribution in [2.75, 3.05) is 18.4 Å². The first-order valence-corrected chi connectivity index (χ1v) is 7.16. The molecule has 0 unspecified atom stereocenters. The molecule has 0 bridgehead atoms. The van der Waals surface area contributed by atoms with Crippen molar-refractivity contribution in [2.24, 2.45) is 11.8 Å². The van der Waals surface area contributed by atoms with Gasteiger partial charge in [0.1, 0.15) is 5.82 Å². The lowest BCUT2D eigenvalue weighted by molar-refractivity contribution is -0.143. The summed E-state index contributed by atoms with van der Waals surface area (Å²) >= 11 is 0. The fraction of sp³-hybridized carbons (Fsp3) is 0.500. The number of hydrogen-bond donors (Lipinski definition) is 1. The molecule has 0 saturated carbocycles. The van der Waals surface area contributed by atoms with Crippen LogP contribution in [0.15, 0.2) is 24.3 Å². The van der Waals surface area contributed by atoms with Gasteiger partial charge in [0.25, 0.3) is 0 Å². The van der Waals surface area contributed by atoms with E-state index in [2.05, 4.69) is 5.32 Å². The Labute approximate surface area is 125 Å². The van der Waals surface area contributed by atoms with Gasteiger partial charge >= 0.3 is 11.8 Å². The summed E-state index contributed by atoms with van der Waals surface area (Å²) in [5.41, 5.74) is 0.0184. The molecular weight excluding hydrogens is 271 g/mol. The van der Waals surface area contributed by atoms with Crippen molar-refractivity contribution in [3.05, 3.63) is 30.1 Å². The van der Waals surface area contributed by atoms with Gasteiger partial charge in [-0.3, -0.25) is 9.59 Å². The van der Waals surface area contributed by atoms with Crippen LogP contribution < -0.4 is 5.32 Å². The van der Waals surface area contributed by atoms with Gasteiger partial charge in [-0.25, -0.2) is 4.39 Å². The highest BCUT2D eigenvalue weighted by Crippen LogP contribution is 2.13. The number of rotatable bonds is 5. The van der Waals surface area contributed by atoms with Crippen molar-refractivity contribution in [1.29, 1.82) is 0 Å². The van der Waals surface area contributed by atoms with E-state index in [4.69, 9.17) is 0 Å². The van der Waals surface area contributed by atoms with E-state index < -0.39 is 17.6 Å². The molecule has 21 heavy (non-hydrogen) atoms. The Balaban J connectivity index is 2.78. The molecule has 5 heteroatoms. The molecule has 2 amide bonds. The zero-order valence-electron chi connectivity index (χ0n) is 13.0. The highest BCUT2D eigenvalue weighted by atomic mass is 19.1. The molecule has 1 N–H and O–H groups in total. The van der Waals surface area contributed by atoms with E-state index in [-0.39, 0.29) is 17.5 Å². The number of carbonyl (C=O) groups excluding carboxylic acids is 2. The number of halogens is 1. The Morgan fingerprint density at radius 3 is 2.10 bits per heavy atom. The molecule has 0 saturated heterocycles. The van der Waals surface area contributed by atoms with Crippen LogP contribution in [0.5, 0.6) is 0 Å². The van der Waals surface area contributed by atoms with Gasteiger partial charge in [-0.1, -0.05) is 39.8 Å². The molecular formula is C16H23FN2O2. The second kappa shape index (κ2) is 7.76. The van der Waals surface area contributed by atoms with E-state index in [1.807, 2.05) is 27.7 Å². The summed E-state index contributed by atoms with van der Waals surface area (Å²) in [6, 6.07) is 5.79. The number of para-hydroxylation sites is 1. The second-order valence-corrected chi connectivity index (χ2v) is 5.93. The van der Waals surface area contributed by atoms with Gasteiger partial charge < -0.3 is 10.2 Å². The Bertz CT molecular complexity index is 491. The fourth-order valence-electron chi connectivity index (χ4n) is 2.00. The zero-order valence-corrected chi connectivity index (χ0v) is 13.0. The molecule has 0 heterocycles. The number of nitrogens with zero attached hydrogens (tertiary/aromatic N) is 1. The normalized spacial score (nSPS) is 10.8. The monoisotopic (exact) mass is 294 g/mol. The number of nitrogens with one attached hydrogen (secondary N) is 1. The van der Waals surface area contributed by atoms with Gasteiger partial charge in [0.15, 0.2) is 0 Å². The van der Waals surface area contributed by atoms with E-state index in [1.54, 1.807) is 6.07 Å². The summed E-state index contributed by atoms with van der Waals surface area (Å²) < 4.78 is 13.5. The average molecular weight is 294 g/mol. The maximum absolute atomic E-state index is 13.5. The predicted octanol–water partition coefficient (Wildman–Crippen LogP) is 2.90. The number of amides is 2. The number of carbonyl (C=O) groups is 2. The largest absolute Gasteiger partial charge is 0.334 e. The quantitative estimate of drug-likeness (QED) is 0.849. The SMILES string of the molecule is CC(C)CN(CC(C)C)C(=O)C(=O)Nc1ccccc1F. The van der Waals surface area contributed by atoms with Crippen molar-refractivity contribution >= 4 is 17.5 Å². The Hall–Kier alpha value is -1.91. The average Bonchev–Trinajstić information content (AvgIpc) is 2.38. The molecule has 0 aliphatic rings. The van der Waals surface area contributed by atoms with Crippen LogP contribution in [0.3, 0.4) is 0 Å². The Kier molecular flexibility index (Phi) is 6.34. The molecule has 0 atom stereocenters. The van der Waals surface area contributed by atoms with Crippen molar-refractivity contribution in [2.45, 2.75) is 27.7 Å².